The van der Waals surface area contributed by atoms with E-state index >= 15 is 0 Å². The number of carboxylic acids is 1. The number of aliphatic carboxylic acids is 1. The molecule has 0 spiro atoms. The number of ether oxygens (including phenoxy) is 3. The van der Waals surface area contributed by atoms with Crippen LogP contribution in [0.5, 0.6) is 0 Å². The van der Waals surface area contributed by atoms with E-state index in [0.717, 1.165) is 57.8 Å². The standard InChI is InChI=1S/C54H91NO7/c1-6-8-10-12-14-16-18-20-22-24-26-28-30-32-34-36-38-40-42-44-52(56)61-49-50(48-60-47-46-51(54(58)59)55(3,4)5)62-53(57)45-43-41-39-37-35-33-31-29-27-25-23-21-19-17-15-13-11-9-7-2/h9,11,15,17,20-23,27,29,33,35,39,41,50-51H,6-8,10,12-14,16,18-19,24-26,28,30-32,34,36-38,40,42-49H2,1-5H3/p+1/b11-9-,17-15-,22-20-,23-21-,29-27-,35-33-,41-39-. The molecule has 1 N–H and O–H groups in total. The van der Waals surface area contributed by atoms with E-state index in [-0.39, 0.29) is 42.7 Å². The number of nitrogens with zero attached hydrogens (tertiary/aromatic N) is 1. The quantitative estimate of drug-likeness (QED) is 0.0282. The zero-order chi connectivity index (χ0) is 45.6. The Labute approximate surface area is 380 Å². The molecule has 62 heavy (non-hydrogen) atoms. The van der Waals surface area contributed by atoms with Crippen LogP contribution in [0.15, 0.2) is 85.1 Å². The highest BCUT2D eigenvalue weighted by Gasteiger charge is 2.31. The predicted octanol–water partition coefficient (Wildman–Crippen LogP) is 14.1. The van der Waals surface area contributed by atoms with Gasteiger partial charge in [-0.2, -0.15) is 0 Å². The number of esters is 2. The van der Waals surface area contributed by atoms with Gasteiger partial charge < -0.3 is 23.8 Å². The van der Waals surface area contributed by atoms with Crippen LogP contribution in [0, 0.1) is 0 Å². The molecule has 0 aliphatic heterocycles. The number of likely N-dealkylation sites (N-methyl/N-ethyl adjacent to an activating group) is 1. The fourth-order valence-electron chi connectivity index (χ4n) is 6.76. The average Bonchev–Trinajstić information content (AvgIpc) is 3.23. The SMILES string of the molecule is CC/C=C\C/C=C\C/C=C\C/C=C\C/C=C\C/C=C\CCC(=O)OC(COCCC(C(=O)O)[N+](C)(C)C)COC(=O)CCCCCCCCCCC/C=C\CCCCCCCC. The van der Waals surface area contributed by atoms with Crippen molar-refractivity contribution in [1.29, 1.82) is 0 Å². The Balaban J connectivity index is 4.40. The van der Waals surface area contributed by atoms with Crippen molar-refractivity contribution in [3.8, 4) is 0 Å². The third-order valence-electron chi connectivity index (χ3n) is 10.5. The fourth-order valence-corrected chi connectivity index (χ4v) is 6.76. The van der Waals surface area contributed by atoms with Crippen molar-refractivity contribution in [2.45, 2.75) is 199 Å². The maximum atomic E-state index is 12.7. The summed E-state index contributed by atoms with van der Waals surface area (Å²) >= 11 is 0. The van der Waals surface area contributed by atoms with Gasteiger partial charge in [0.25, 0.3) is 0 Å². The minimum absolute atomic E-state index is 0.0262. The number of unbranched alkanes of at least 4 members (excludes halogenated alkanes) is 15. The van der Waals surface area contributed by atoms with E-state index in [2.05, 4.69) is 86.8 Å². The van der Waals surface area contributed by atoms with Gasteiger partial charge in [-0.1, -0.05) is 176 Å². The molecule has 0 aromatic rings. The Hall–Kier alpha value is -3.49. The highest BCUT2D eigenvalue weighted by molar-refractivity contribution is 5.72. The van der Waals surface area contributed by atoms with Gasteiger partial charge >= 0.3 is 17.9 Å². The smallest absolute Gasteiger partial charge is 0.362 e. The summed E-state index contributed by atoms with van der Waals surface area (Å²) < 4.78 is 17.2. The highest BCUT2D eigenvalue weighted by atomic mass is 16.6. The number of quaternary nitrogens is 1. The Morgan fingerprint density at radius 1 is 0.500 bits per heavy atom. The lowest BCUT2D eigenvalue weighted by atomic mass is 10.1. The van der Waals surface area contributed by atoms with E-state index in [1.165, 1.54) is 89.9 Å². The van der Waals surface area contributed by atoms with Crippen LogP contribution in [0.3, 0.4) is 0 Å². The van der Waals surface area contributed by atoms with Crippen molar-refractivity contribution in [3.63, 3.8) is 0 Å². The van der Waals surface area contributed by atoms with Crippen LogP contribution in [-0.2, 0) is 28.6 Å². The molecule has 8 nitrogen and oxygen atoms in total. The highest BCUT2D eigenvalue weighted by Crippen LogP contribution is 2.14. The number of carbonyl (C=O) groups is 3. The molecule has 2 unspecified atom stereocenters. The van der Waals surface area contributed by atoms with E-state index in [4.69, 9.17) is 14.2 Å². The van der Waals surface area contributed by atoms with Gasteiger partial charge in [-0.15, -0.1) is 0 Å². The summed E-state index contributed by atoms with van der Waals surface area (Å²) in [6.07, 6.45) is 57.9. The molecule has 0 aliphatic carbocycles. The van der Waals surface area contributed by atoms with Crippen LogP contribution in [0.1, 0.15) is 187 Å². The molecule has 0 heterocycles. The Bertz CT molecular complexity index is 1290. The second kappa shape index (κ2) is 44.1. The third kappa shape index (κ3) is 41.8. The zero-order valence-electron chi connectivity index (χ0n) is 40.3. The third-order valence-corrected chi connectivity index (χ3v) is 10.5. The van der Waals surface area contributed by atoms with Crippen LogP contribution >= 0.6 is 0 Å². The van der Waals surface area contributed by atoms with E-state index in [1.54, 1.807) is 0 Å². The topological polar surface area (TPSA) is 99.1 Å². The molecule has 0 saturated heterocycles. The minimum atomic E-state index is -0.889. The minimum Gasteiger partial charge on any atom is -0.477 e. The molecular formula is C54H92NO7+. The number of hydrogen-bond acceptors (Lipinski definition) is 6. The van der Waals surface area contributed by atoms with Crippen molar-refractivity contribution >= 4 is 17.9 Å². The molecule has 0 saturated carbocycles. The molecular weight excluding hydrogens is 775 g/mol. The van der Waals surface area contributed by atoms with Crippen LogP contribution in [-0.4, -0.2) is 80.6 Å². The Morgan fingerprint density at radius 3 is 1.40 bits per heavy atom. The predicted molar refractivity (Wildman–Crippen MR) is 261 cm³/mol. The first-order chi connectivity index (χ1) is 30.1. The first kappa shape index (κ1) is 58.5. The summed E-state index contributed by atoms with van der Waals surface area (Å²) in [5.74, 6) is -1.58. The van der Waals surface area contributed by atoms with Crippen LogP contribution in [0.25, 0.3) is 0 Å². The molecule has 354 valence electrons. The van der Waals surface area contributed by atoms with Crippen molar-refractivity contribution < 1.29 is 38.2 Å². The fraction of sp³-hybridized carbons (Fsp3) is 0.685. The number of carboxylic acid groups (broad SMARTS) is 1. The van der Waals surface area contributed by atoms with E-state index in [9.17, 15) is 19.5 Å². The van der Waals surface area contributed by atoms with Crippen LogP contribution < -0.4 is 0 Å². The molecule has 8 heteroatoms. The molecule has 0 rings (SSSR count). The van der Waals surface area contributed by atoms with Crippen molar-refractivity contribution in [3.05, 3.63) is 85.1 Å². The molecule has 0 aromatic heterocycles. The Kier molecular flexibility index (Phi) is 41.6. The van der Waals surface area contributed by atoms with Gasteiger partial charge in [-0.05, 0) is 77.0 Å². The van der Waals surface area contributed by atoms with Gasteiger partial charge in [-0.25, -0.2) is 4.79 Å². The molecule has 0 aromatic carbocycles. The van der Waals surface area contributed by atoms with E-state index in [0.29, 0.717) is 19.3 Å². The van der Waals surface area contributed by atoms with Crippen LogP contribution in [0.4, 0.5) is 0 Å². The number of rotatable bonds is 43. The normalized spacial score (nSPS) is 13.6. The second-order valence-corrected chi connectivity index (χ2v) is 17.3. The van der Waals surface area contributed by atoms with Crippen molar-refractivity contribution in [2.75, 3.05) is 41.0 Å². The molecule has 0 radical (unpaired) electrons. The van der Waals surface area contributed by atoms with E-state index in [1.807, 2.05) is 33.3 Å². The van der Waals surface area contributed by atoms with E-state index < -0.39 is 18.1 Å². The number of allylic oxidation sites excluding steroid dienone is 14. The lowest BCUT2D eigenvalue weighted by molar-refractivity contribution is -0.887. The Morgan fingerprint density at radius 2 is 0.935 bits per heavy atom. The average molecular weight is 867 g/mol. The lowest BCUT2D eigenvalue weighted by Gasteiger charge is -2.31. The van der Waals surface area contributed by atoms with Crippen molar-refractivity contribution in [1.82, 2.24) is 0 Å². The summed E-state index contributed by atoms with van der Waals surface area (Å²) in [6.45, 7) is 4.54. The molecule has 2 atom stereocenters. The maximum absolute atomic E-state index is 12.7. The second-order valence-electron chi connectivity index (χ2n) is 17.3. The van der Waals surface area contributed by atoms with Crippen LogP contribution in [0.2, 0.25) is 0 Å². The number of hydrogen-bond donors (Lipinski definition) is 1. The first-order valence-corrected chi connectivity index (χ1v) is 24.6. The summed E-state index contributed by atoms with van der Waals surface area (Å²) in [6, 6.07) is -0.632. The first-order valence-electron chi connectivity index (χ1n) is 24.6. The summed E-state index contributed by atoms with van der Waals surface area (Å²) in [7, 11) is 5.50. The van der Waals surface area contributed by atoms with Gasteiger partial charge in [0.1, 0.15) is 6.61 Å². The summed E-state index contributed by atoms with van der Waals surface area (Å²) in [5.41, 5.74) is 0. The van der Waals surface area contributed by atoms with Gasteiger partial charge in [0.2, 0.25) is 0 Å². The number of carbonyl (C=O) groups excluding carboxylic acids is 2. The van der Waals surface area contributed by atoms with Gasteiger partial charge in [0.05, 0.1) is 34.4 Å². The van der Waals surface area contributed by atoms with Crippen molar-refractivity contribution in [2.24, 2.45) is 0 Å². The van der Waals surface area contributed by atoms with Gasteiger partial charge in [0, 0.05) is 19.3 Å². The largest absolute Gasteiger partial charge is 0.477 e. The van der Waals surface area contributed by atoms with Gasteiger partial charge in [-0.3, -0.25) is 9.59 Å². The zero-order valence-corrected chi connectivity index (χ0v) is 40.3. The summed E-state index contributed by atoms with van der Waals surface area (Å²) in [5, 5.41) is 9.64. The molecule has 0 aliphatic rings. The molecule has 0 amide bonds. The lowest BCUT2D eigenvalue weighted by Crippen LogP contribution is -2.50. The molecule has 0 fully saturated rings. The maximum Gasteiger partial charge on any atom is 0.362 e. The monoisotopic (exact) mass is 867 g/mol. The molecule has 0 bridgehead atoms. The van der Waals surface area contributed by atoms with Gasteiger partial charge in [0.15, 0.2) is 12.1 Å². The summed E-state index contributed by atoms with van der Waals surface area (Å²) in [4.78, 5) is 37.1.